The predicted molar refractivity (Wildman–Crippen MR) is 115 cm³/mol. The number of hydrogen-bond donors (Lipinski definition) is 2. The van der Waals surface area contributed by atoms with Crippen LogP contribution in [0.5, 0.6) is 5.75 Å². The minimum absolute atomic E-state index is 0.0366. The number of benzene rings is 1. The van der Waals surface area contributed by atoms with E-state index >= 15 is 0 Å². The van der Waals surface area contributed by atoms with Crippen molar-refractivity contribution in [1.29, 1.82) is 0 Å². The van der Waals surface area contributed by atoms with Gasteiger partial charge < -0.3 is 19.9 Å². The van der Waals surface area contributed by atoms with E-state index < -0.39 is 6.10 Å². The van der Waals surface area contributed by atoms with Crippen molar-refractivity contribution in [3.8, 4) is 17.0 Å². The number of methoxy groups -OCH3 is 1. The van der Waals surface area contributed by atoms with Gasteiger partial charge in [-0.1, -0.05) is 5.21 Å². The van der Waals surface area contributed by atoms with Crippen LogP contribution in [0.15, 0.2) is 49.1 Å². The first kappa shape index (κ1) is 21.8. The number of nitrogens with zero attached hydrogens (tertiary/aromatic N) is 5. The first-order valence-corrected chi connectivity index (χ1v) is 10.5. The highest BCUT2D eigenvalue weighted by Gasteiger charge is 2.32. The third-order valence-electron chi connectivity index (χ3n) is 5.51. The molecule has 1 saturated heterocycles. The minimum Gasteiger partial charge on any atom is -0.497 e. The van der Waals surface area contributed by atoms with Gasteiger partial charge >= 0.3 is 0 Å². The molecule has 10 heteroatoms. The number of rotatable bonds is 8. The van der Waals surface area contributed by atoms with Crippen LogP contribution in [0, 0.1) is 0 Å². The van der Waals surface area contributed by atoms with Gasteiger partial charge in [0.2, 0.25) is 0 Å². The summed E-state index contributed by atoms with van der Waals surface area (Å²) in [6.07, 6.45) is 7.98. The number of amides is 1. The second kappa shape index (κ2) is 10.3. The Hall–Kier alpha value is -3.37. The maximum atomic E-state index is 12.3. The highest BCUT2D eigenvalue weighted by atomic mass is 16.5. The monoisotopic (exact) mass is 438 g/mol. The van der Waals surface area contributed by atoms with E-state index in [4.69, 9.17) is 9.47 Å². The van der Waals surface area contributed by atoms with Crippen molar-refractivity contribution >= 4 is 5.91 Å². The summed E-state index contributed by atoms with van der Waals surface area (Å²) in [5.41, 5.74) is 2.00. The molecule has 2 N–H and O–H groups in total. The fraction of sp³-hybridized carbons (Fsp3) is 0.409. The molecule has 0 saturated carbocycles. The number of aromatic nitrogens is 5. The van der Waals surface area contributed by atoms with Gasteiger partial charge in [-0.15, -0.1) is 5.10 Å². The topological polar surface area (TPSA) is 124 Å². The van der Waals surface area contributed by atoms with Crippen LogP contribution in [0.25, 0.3) is 11.3 Å². The second-order valence-corrected chi connectivity index (χ2v) is 7.61. The normalized spacial score (nSPS) is 20.6. The van der Waals surface area contributed by atoms with Gasteiger partial charge in [0.05, 0.1) is 38.3 Å². The summed E-state index contributed by atoms with van der Waals surface area (Å²) in [6, 6.07) is 7.38. The molecule has 0 spiro atoms. The number of ether oxygens (including phenoxy) is 2. The number of aryl methyl sites for hydroxylation is 1. The Morgan fingerprint density at radius 1 is 1.28 bits per heavy atom. The molecule has 3 atom stereocenters. The third-order valence-corrected chi connectivity index (χ3v) is 5.51. The SMILES string of the molecule is COc1ccc(-c2cn(CC[C@@H]3CC[C@H](NC(=O)c4cnccn4)[C@H](CO)O3)nn2)cc1. The fourth-order valence-electron chi connectivity index (χ4n) is 3.75. The van der Waals surface area contributed by atoms with Crippen LogP contribution >= 0.6 is 0 Å². The summed E-state index contributed by atoms with van der Waals surface area (Å²) < 4.78 is 13.0. The number of carbonyl (C=O) groups excluding carboxylic acids is 1. The summed E-state index contributed by atoms with van der Waals surface area (Å²) in [7, 11) is 1.63. The van der Waals surface area contributed by atoms with E-state index in [0.717, 1.165) is 29.8 Å². The van der Waals surface area contributed by atoms with Gasteiger partial charge in [0.1, 0.15) is 23.2 Å². The number of aliphatic hydroxyl groups is 1. The zero-order chi connectivity index (χ0) is 22.3. The Kier molecular flexibility index (Phi) is 7.03. The van der Waals surface area contributed by atoms with Crippen molar-refractivity contribution in [1.82, 2.24) is 30.3 Å². The Morgan fingerprint density at radius 2 is 2.12 bits per heavy atom. The van der Waals surface area contributed by atoms with Gasteiger partial charge in [-0.25, -0.2) is 4.98 Å². The Balaban J connectivity index is 1.29. The van der Waals surface area contributed by atoms with E-state index in [2.05, 4.69) is 25.6 Å². The average Bonchev–Trinajstić information content (AvgIpc) is 3.33. The maximum absolute atomic E-state index is 12.3. The molecule has 3 heterocycles. The molecule has 4 rings (SSSR count). The fourth-order valence-corrected chi connectivity index (χ4v) is 3.75. The zero-order valence-corrected chi connectivity index (χ0v) is 17.8. The number of carbonyl (C=O) groups is 1. The van der Waals surface area contributed by atoms with E-state index in [-0.39, 0.29) is 30.4 Å². The number of nitrogens with one attached hydrogen (secondary N) is 1. The van der Waals surface area contributed by atoms with Crippen molar-refractivity contribution in [2.24, 2.45) is 0 Å². The van der Waals surface area contributed by atoms with Crippen LogP contribution in [0.4, 0.5) is 0 Å². The molecule has 2 aromatic heterocycles. The van der Waals surface area contributed by atoms with Gasteiger partial charge in [-0.2, -0.15) is 0 Å². The Labute approximate surface area is 185 Å². The lowest BCUT2D eigenvalue weighted by molar-refractivity contribution is -0.0912. The molecule has 32 heavy (non-hydrogen) atoms. The smallest absolute Gasteiger partial charge is 0.271 e. The first-order chi connectivity index (χ1) is 15.7. The third kappa shape index (κ3) is 5.27. The second-order valence-electron chi connectivity index (χ2n) is 7.61. The van der Waals surface area contributed by atoms with Crippen LogP contribution in [0.2, 0.25) is 0 Å². The molecule has 1 fully saturated rings. The molecule has 1 aromatic carbocycles. The van der Waals surface area contributed by atoms with Crippen molar-refractivity contribution in [3.05, 3.63) is 54.7 Å². The molecular weight excluding hydrogens is 412 g/mol. The van der Waals surface area contributed by atoms with Crippen LogP contribution in [0.3, 0.4) is 0 Å². The average molecular weight is 438 g/mol. The molecule has 168 valence electrons. The molecule has 10 nitrogen and oxygen atoms in total. The molecule has 1 amide bonds. The van der Waals surface area contributed by atoms with Crippen LogP contribution < -0.4 is 10.1 Å². The predicted octanol–water partition coefficient (Wildman–Crippen LogP) is 1.47. The minimum atomic E-state index is -0.472. The molecule has 3 aromatic rings. The van der Waals surface area contributed by atoms with Crippen molar-refractivity contribution < 1.29 is 19.4 Å². The first-order valence-electron chi connectivity index (χ1n) is 10.5. The lowest BCUT2D eigenvalue weighted by Gasteiger charge is -2.36. The lowest BCUT2D eigenvalue weighted by Crippen LogP contribution is -2.51. The molecule has 0 bridgehead atoms. The molecule has 0 unspecified atom stereocenters. The van der Waals surface area contributed by atoms with Gasteiger partial charge in [-0.3, -0.25) is 14.5 Å². The van der Waals surface area contributed by atoms with E-state index in [0.29, 0.717) is 13.0 Å². The zero-order valence-electron chi connectivity index (χ0n) is 17.8. The highest BCUT2D eigenvalue weighted by molar-refractivity contribution is 5.92. The van der Waals surface area contributed by atoms with Gasteiger partial charge in [0.25, 0.3) is 5.91 Å². The summed E-state index contributed by atoms with van der Waals surface area (Å²) in [6.45, 7) is 0.468. The quantitative estimate of drug-likeness (QED) is 0.542. The van der Waals surface area contributed by atoms with E-state index in [1.807, 2.05) is 30.5 Å². The largest absolute Gasteiger partial charge is 0.497 e. The highest BCUT2D eigenvalue weighted by Crippen LogP contribution is 2.23. The summed E-state index contributed by atoms with van der Waals surface area (Å²) in [5.74, 6) is 0.470. The van der Waals surface area contributed by atoms with Crippen molar-refractivity contribution in [2.75, 3.05) is 13.7 Å². The van der Waals surface area contributed by atoms with E-state index in [1.165, 1.54) is 18.6 Å². The van der Waals surface area contributed by atoms with E-state index in [9.17, 15) is 9.90 Å². The number of aliphatic hydroxyl groups excluding tert-OH is 1. The van der Waals surface area contributed by atoms with Gasteiger partial charge in [-0.05, 0) is 43.5 Å². The van der Waals surface area contributed by atoms with Crippen LogP contribution in [-0.2, 0) is 11.3 Å². The van der Waals surface area contributed by atoms with Crippen LogP contribution in [0.1, 0.15) is 29.8 Å². The summed E-state index contributed by atoms with van der Waals surface area (Å²) >= 11 is 0. The lowest BCUT2D eigenvalue weighted by atomic mass is 9.97. The maximum Gasteiger partial charge on any atom is 0.271 e. The van der Waals surface area contributed by atoms with E-state index in [1.54, 1.807) is 11.8 Å². The van der Waals surface area contributed by atoms with Gasteiger partial charge in [0, 0.05) is 24.5 Å². The summed E-state index contributed by atoms with van der Waals surface area (Å²) in [5, 5.41) is 21.1. The van der Waals surface area contributed by atoms with Gasteiger partial charge in [0.15, 0.2) is 0 Å². The number of hydrogen-bond acceptors (Lipinski definition) is 8. The molecule has 1 aliphatic rings. The van der Waals surface area contributed by atoms with Crippen molar-refractivity contribution in [3.63, 3.8) is 0 Å². The Bertz CT molecular complexity index is 1010. The molecule has 1 aliphatic heterocycles. The Morgan fingerprint density at radius 3 is 2.84 bits per heavy atom. The van der Waals surface area contributed by atoms with Crippen LogP contribution in [-0.4, -0.2) is 67.9 Å². The summed E-state index contributed by atoms with van der Waals surface area (Å²) in [4.78, 5) is 20.3. The van der Waals surface area contributed by atoms with Crippen molar-refractivity contribution in [2.45, 2.75) is 44.1 Å². The molecule has 0 radical (unpaired) electrons. The molecular formula is C22H26N6O4. The molecule has 0 aliphatic carbocycles. The standard InChI is InChI=1S/C22H26N6O4/c1-31-16-4-2-15(3-5-16)20-13-28(27-26-20)11-8-17-6-7-18(21(14-29)32-17)25-22(30)19-12-23-9-10-24-19/h2-5,9-10,12-13,17-18,21,29H,6-8,11,14H2,1H3,(H,25,30)/t17-,18-,21-/m0/s1.